The minimum atomic E-state index is 0.0250. The topological polar surface area (TPSA) is 47.4 Å². The van der Waals surface area contributed by atoms with Crippen LogP contribution in [0.4, 0.5) is 0 Å². The van der Waals surface area contributed by atoms with Gasteiger partial charge in [-0.3, -0.25) is 9.36 Å². The van der Waals surface area contributed by atoms with E-state index in [1.54, 1.807) is 0 Å². The second-order valence-corrected chi connectivity index (χ2v) is 7.73. The largest absolute Gasteiger partial charge is 0.494 e. The molecule has 0 unspecified atom stereocenters. The Hall–Kier alpha value is -2.66. The Balaban J connectivity index is 1.39. The maximum absolute atomic E-state index is 13.1. The number of likely N-dealkylation sites (tertiary alicyclic amines) is 1. The van der Waals surface area contributed by atoms with Gasteiger partial charge in [0.1, 0.15) is 11.6 Å². The highest BCUT2D eigenvalue weighted by Gasteiger charge is 2.20. The van der Waals surface area contributed by atoms with Crippen LogP contribution in [0.25, 0.3) is 22.3 Å². The molecule has 0 saturated carbocycles. The molecule has 0 aliphatic carbocycles. The lowest BCUT2D eigenvalue weighted by Crippen LogP contribution is -2.27. The van der Waals surface area contributed by atoms with Crippen LogP contribution in [0.1, 0.15) is 24.8 Å². The minimum Gasteiger partial charge on any atom is -0.494 e. The first-order chi connectivity index (χ1) is 13.8. The molecule has 2 aliphatic heterocycles. The molecule has 1 aromatic heterocycles. The predicted octanol–water partition coefficient (Wildman–Crippen LogP) is 3.48. The molecule has 5 nitrogen and oxygen atoms in total. The van der Waals surface area contributed by atoms with Gasteiger partial charge in [0.2, 0.25) is 0 Å². The summed E-state index contributed by atoms with van der Waals surface area (Å²) in [6, 6.07) is 13.9. The van der Waals surface area contributed by atoms with Crippen molar-refractivity contribution in [1.29, 1.82) is 0 Å². The fourth-order valence-electron chi connectivity index (χ4n) is 4.38. The highest BCUT2D eigenvalue weighted by atomic mass is 16.5. The third kappa shape index (κ3) is 3.20. The van der Waals surface area contributed by atoms with Crippen LogP contribution in [-0.2, 0) is 13.0 Å². The van der Waals surface area contributed by atoms with Gasteiger partial charge < -0.3 is 9.64 Å². The number of aryl methyl sites for hydroxylation is 1. The molecule has 2 aliphatic rings. The van der Waals surface area contributed by atoms with Crippen molar-refractivity contribution in [3.8, 4) is 17.1 Å². The highest BCUT2D eigenvalue weighted by Crippen LogP contribution is 2.28. The van der Waals surface area contributed by atoms with Crippen LogP contribution >= 0.6 is 0 Å². The van der Waals surface area contributed by atoms with E-state index in [0.29, 0.717) is 18.5 Å². The molecule has 1 fully saturated rings. The minimum absolute atomic E-state index is 0.0250. The third-order valence-corrected chi connectivity index (χ3v) is 5.87. The van der Waals surface area contributed by atoms with Gasteiger partial charge in [0, 0.05) is 18.7 Å². The van der Waals surface area contributed by atoms with E-state index < -0.39 is 0 Å². The number of rotatable bonds is 5. The molecular weight excluding hydrogens is 350 g/mol. The van der Waals surface area contributed by atoms with Gasteiger partial charge in [0.05, 0.1) is 17.5 Å². The van der Waals surface area contributed by atoms with Gasteiger partial charge in [-0.15, -0.1) is 0 Å². The van der Waals surface area contributed by atoms with Crippen LogP contribution in [-0.4, -0.2) is 40.7 Å². The maximum atomic E-state index is 13.1. The zero-order valence-corrected chi connectivity index (χ0v) is 16.1. The lowest BCUT2D eigenvalue weighted by molar-refractivity contribution is 0.263. The van der Waals surface area contributed by atoms with E-state index in [1.165, 1.54) is 31.5 Å². The Morgan fingerprint density at radius 3 is 2.79 bits per heavy atom. The van der Waals surface area contributed by atoms with Crippen molar-refractivity contribution in [1.82, 2.24) is 14.5 Å². The zero-order valence-electron chi connectivity index (χ0n) is 16.1. The molecule has 144 valence electrons. The zero-order chi connectivity index (χ0) is 18.9. The van der Waals surface area contributed by atoms with E-state index in [0.717, 1.165) is 42.0 Å². The van der Waals surface area contributed by atoms with Crippen molar-refractivity contribution >= 4 is 10.9 Å². The van der Waals surface area contributed by atoms with E-state index >= 15 is 0 Å². The summed E-state index contributed by atoms with van der Waals surface area (Å²) < 4.78 is 7.73. The van der Waals surface area contributed by atoms with Crippen LogP contribution in [0.3, 0.4) is 0 Å². The third-order valence-electron chi connectivity index (χ3n) is 5.87. The monoisotopic (exact) mass is 375 g/mol. The van der Waals surface area contributed by atoms with Crippen molar-refractivity contribution in [3.05, 3.63) is 58.4 Å². The lowest BCUT2D eigenvalue weighted by atomic mass is 10.00. The summed E-state index contributed by atoms with van der Waals surface area (Å²) in [5, 5.41) is 0.639. The summed E-state index contributed by atoms with van der Waals surface area (Å²) in [5.74, 6) is 1.53. The Morgan fingerprint density at radius 2 is 1.89 bits per heavy atom. The average molecular weight is 375 g/mol. The van der Waals surface area contributed by atoms with Gasteiger partial charge in [0.25, 0.3) is 5.56 Å². The summed E-state index contributed by atoms with van der Waals surface area (Å²) in [6.45, 7) is 4.87. The molecule has 0 radical (unpaired) electrons. The molecule has 3 heterocycles. The molecule has 1 saturated heterocycles. The lowest BCUT2D eigenvalue weighted by Gasteiger charge is -2.21. The second-order valence-electron chi connectivity index (χ2n) is 7.73. The van der Waals surface area contributed by atoms with E-state index in [-0.39, 0.29) is 5.56 Å². The smallest absolute Gasteiger partial charge is 0.261 e. The molecule has 2 aromatic carbocycles. The van der Waals surface area contributed by atoms with Gasteiger partial charge in [-0.1, -0.05) is 24.3 Å². The van der Waals surface area contributed by atoms with Gasteiger partial charge in [-0.2, -0.15) is 0 Å². The van der Waals surface area contributed by atoms with Gasteiger partial charge >= 0.3 is 0 Å². The van der Waals surface area contributed by atoms with Crippen molar-refractivity contribution in [3.63, 3.8) is 0 Å². The quantitative estimate of drug-likeness (QED) is 0.641. The Labute approximate surface area is 164 Å². The molecule has 28 heavy (non-hydrogen) atoms. The number of benzene rings is 2. The van der Waals surface area contributed by atoms with Crippen molar-refractivity contribution in [2.24, 2.45) is 0 Å². The number of ether oxygens (including phenoxy) is 1. The summed E-state index contributed by atoms with van der Waals surface area (Å²) in [7, 11) is 0. The van der Waals surface area contributed by atoms with Crippen LogP contribution < -0.4 is 10.3 Å². The van der Waals surface area contributed by atoms with Crippen molar-refractivity contribution in [2.75, 3.05) is 26.2 Å². The Morgan fingerprint density at radius 1 is 1.04 bits per heavy atom. The summed E-state index contributed by atoms with van der Waals surface area (Å²) in [5.41, 5.74) is 3.08. The van der Waals surface area contributed by atoms with E-state index in [4.69, 9.17) is 9.72 Å². The number of hydrogen-bond donors (Lipinski definition) is 0. The van der Waals surface area contributed by atoms with E-state index in [1.807, 2.05) is 34.9 Å². The van der Waals surface area contributed by atoms with Crippen LogP contribution in [0.2, 0.25) is 0 Å². The summed E-state index contributed by atoms with van der Waals surface area (Å²) >= 11 is 0. The Kier molecular flexibility index (Phi) is 4.61. The predicted molar refractivity (Wildman–Crippen MR) is 111 cm³/mol. The molecule has 3 aromatic rings. The number of aromatic nitrogens is 2. The maximum Gasteiger partial charge on any atom is 0.261 e. The van der Waals surface area contributed by atoms with Gasteiger partial charge in [-0.05, 0) is 62.5 Å². The fraction of sp³-hybridized carbons (Fsp3) is 0.391. The number of nitrogens with zero attached hydrogens (tertiary/aromatic N) is 3. The van der Waals surface area contributed by atoms with Crippen LogP contribution in [0.5, 0.6) is 5.75 Å². The average Bonchev–Trinajstić information content (AvgIpc) is 3.25. The van der Waals surface area contributed by atoms with Gasteiger partial charge in [0.15, 0.2) is 0 Å². The van der Waals surface area contributed by atoms with Crippen LogP contribution in [0, 0.1) is 0 Å². The number of fused-ring (bicyclic) bond motifs is 4. The molecule has 0 atom stereocenters. The second kappa shape index (κ2) is 7.40. The molecular formula is C23H25N3O2. The first-order valence-corrected chi connectivity index (χ1v) is 10.3. The summed E-state index contributed by atoms with van der Waals surface area (Å²) in [4.78, 5) is 20.4. The van der Waals surface area contributed by atoms with Crippen molar-refractivity contribution in [2.45, 2.75) is 32.2 Å². The summed E-state index contributed by atoms with van der Waals surface area (Å²) in [6.07, 6.45) is 4.51. The highest BCUT2D eigenvalue weighted by molar-refractivity contribution is 5.81. The number of hydrogen-bond acceptors (Lipinski definition) is 4. The molecule has 5 heteroatoms. The van der Waals surface area contributed by atoms with E-state index in [2.05, 4.69) is 17.0 Å². The molecule has 0 N–H and O–H groups in total. The van der Waals surface area contributed by atoms with Gasteiger partial charge in [-0.25, -0.2) is 4.98 Å². The van der Waals surface area contributed by atoms with Crippen LogP contribution in [0.15, 0.2) is 47.3 Å². The first kappa shape index (κ1) is 17.4. The fourth-order valence-corrected chi connectivity index (χ4v) is 4.38. The Bertz CT molecular complexity index is 1070. The first-order valence-electron chi connectivity index (χ1n) is 10.3. The molecule has 0 spiro atoms. The molecule has 0 bridgehead atoms. The molecule has 5 rings (SSSR count). The standard InChI is InChI=1S/C23H25N3O2/c27-23-20-16-18(28-15-5-13-25-11-3-4-12-25)8-9-21(20)24-22-19-7-2-1-6-17(19)10-14-26(22)23/h1-2,6-9,16H,3-5,10-15H2. The SMILES string of the molecule is O=c1c2cc(OCCCN3CCCC3)ccc2nc2n1CCc1ccccc1-2. The molecule has 0 amide bonds. The van der Waals surface area contributed by atoms with Crippen molar-refractivity contribution < 1.29 is 4.74 Å². The normalized spacial score (nSPS) is 16.1. The van der Waals surface area contributed by atoms with E-state index in [9.17, 15) is 4.79 Å².